The van der Waals surface area contributed by atoms with Crippen LogP contribution in [0.3, 0.4) is 0 Å². The lowest BCUT2D eigenvalue weighted by Crippen LogP contribution is -1.80. The lowest BCUT2D eigenvalue weighted by Gasteiger charge is -1.98. The van der Waals surface area contributed by atoms with Crippen molar-refractivity contribution < 1.29 is 0 Å². The Hall–Kier alpha value is -1.58. The molecule has 2 heterocycles. The predicted octanol–water partition coefficient (Wildman–Crippen LogP) is 4.77. The molecular formula is C14H11ClN2S. The Labute approximate surface area is 114 Å². The molecule has 18 heavy (non-hydrogen) atoms. The number of rotatable bonds is 2. The van der Waals surface area contributed by atoms with Gasteiger partial charge in [0.25, 0.3) is 0 Å². The van der Waals surface area contributed by atoms with Gasteiger partial charge in [-0.1, -0.05) is 29.8 Å². The first-order valence-corrected chi connectivity index (χ1v) is 6.86. The fraction of sp³-hybridized carbons (Fsp3) is 0.0714. The van der Waals surface area contributed by atoms with E-state index in [4.69, 9.17) is 11.6 Å². The number of hydrogen-bond acceptors (Lipinski definition) is 2. The number of aryl methyl sites for hydroxylation is 1. The zero-order valence-electron chi connectivity index (χ0n) is 9.77. The fourth-order valence-corrected chi connectivity index (χ4v) is 2.67. The van der Waals surface area contributed by atoms with E-state index in [0.29, 0.717) is 0 Å². The van der Waals surface area contributed by atoms with Crippen molar-refractivity contribution in [3.8, 4) is 22.0 Å². The maximum Gasteiger partial charge on any atom is 0.148 e. The molecule has 4 heteroatoms. The molecule has 3 rings (SSSR count). The number of nitrogens with one attached hydrogen (secondary N) is 1. The largest absolute Gasteiger partial charge is 0.341 e. The van der Waals surface area contributed by atoms with Gasteiger partial charge in [0.05, 0.1) is 10.6 Å². The number of nitrogens with zero attached hydrogens (tertiary/aromatic N) is 1. The van der Waals surface area contributed by atoms with E-state index in [0.717, 1.165) is 32.7 Å². The molecule has 1 aromatic carbocycles. The number of benzene rings is 1. The van der Waals surface area contributed by atoms with Gasteiger partial charge in [0.2, 0.25) is 0 Å². The Morgan fingerprint density at radius 1 is 1.17 bits per heavy atom. The summed E-state index contributed by atoms with van der Waals surface area (Å²) in [7, 11) is 0. The van der Waals surface area contributed by atoms with Crippen molar-refractivity contribution in [2.45, 2.75) is 6.92 Å². The molecule has 2 aromatic heterocycles. The SMILES string of the molecule is Cc1[nH]c(-c2cccs2)nc1-c1ccc(Cl)cc1. The van der Waals surface area contributed by atoms with E-state index in [1.165, 1.54) is 0 Å². The van der Waals surface area contributed by atoms with E-state index in [-0.39, 0.29) is 0 Å². The van der Waals surface area contributed by atoms with Crippen molar-refractivity contribution in [3.05, 3.63) is 52.5 Å². The summed E-state index contributed by atoms with van der Waals surface area (Å²) in [6.07, 6.45) is 0. The molecule has 0 saturated heterocycles. The number of aromatic nitrogens is 2. The van der Waals surface area contributed by atoms with Crippen LogP contribution in [0, 0.1) is 6.92 Å². The van der Waals surface area contributed by atoms with Crippen LogP contribution in [0.5, 0.6) is 0 Å². The molecule has 0 fully saturated rings. The van der Waals surface area contributed by atoms with Gasteiger partial charge < -0.3 is 4.98 Å². The van der Waals surface area contributed by atoms with Gasteiger partial charge in [0.15, 0.2) is 0 Å². The summed E-state index contributed by atoms with van der Waals surface area (Å²) in [5, 5.41) is 2.79. The number of aromatic amines is 1. The Bertz CT molecular complexity index is 654. The van der Waals surface area contributed by atoms with Crippen LogP contribution in [-0.2, 0) is 0 Å². The second kappa shape index (κ2) is 4.59. The second-order valence-electron chi connectivity index (χ2n) is 4.04. The van der Waals surface area contributed by atoms with Crippen molar-refractivity contribution in [1.29, 1.82) is 0 Å². The average molecular weight is 275 g/mol. The summed E-state index contributed by atoms with van der Waals surface area (Å²) in [6.45, 7) is 2.04. The quantitative estimate of drug-likeness (QED) is 0.717. The minimum absolute atomic E-state index is 0.741. The van der Waals surface area contributed by atoms with Gasteiger partial charge in [0, 0.05) is 16.3 Å². The van der Waals surface area contributed by atoms with E-state index in [2.05, 4.69) is 21.4 Å². The first-order chi connectivity index (χ1) is 8.74. The van der Waals surface area contributed by atoms with Crippen molar-refractivity contribution in [3.63, 3.8) is 0 Å². The third-order valence-electron chi connectivity index (χ3n) is 2.76. The lowest BCUT2D eigenvalue weighted by atomic mass is 10.1. The zero-order chi connectivity index (χ0) is 12.5. The van der Waals surface area contributed by atoms with Gasteiger partial charge in [-0.25, -0.2) is 4.98 Å². The summed E-state index contributed by atoms with van der Waals surface area (Å²) < 4.78 is 0. The van der Waals surface area contributed by atoms with Gasteiger partial charge in [-0.2, -0.15) is 0 Å². The highest BCUT2D eigenvalue weighted by molar-refractivity contribution is 7.13. The van der Waals surface area contributed by atoms with Crippen molar-refractivity contribution in [2.24, 2.45) is 0 Å². The molecule has 0 aliphatic carbocycles. The summed E-state index contributed by atoms with van der Waals surface area (Å²) in [6, 6.07) is 11.8. The van der Waals surface area contributed by atoms with Gasteiger partial charge in [-0.15, -0.1) is 11.3 Å². The Kier molecular flexibility index (Phi) is 2.94. The summed E-state index contributed by atoms with van der Waals surface area (Å²) in [5.74, 6) is 0.924. The molecule has 0 atom stereocenters. The van der Waals surface area contributed by atoms with E-state index in [9.17, 15) is 0 Å². The number of imidazole rings is 1. The second-order valence-corrected chi connectivity index (χ2v) is 5.43. The first-order valence-electron chi connectivity index (χ1n) is 5.60. The Morgan fingerprint density at radius 2 is 1.94 bits per heavy atom. The molecular weight excluding hydrogens is 264 g/mol. The van der Waals surface area contributed by atoms with Crippen molar-refractivity contribution >= 4 is 22.9 Å². The van der Waals surface area contributed by atoms with Crippen LogP contribution in [-0.4, -0.2) is 9.97 Å². The Balaban J connectivity index is 2.06. The molecule has 1 N–H and O–H groups in total. The molecule has 3 aromatic rings. The third kappa shape index (κ3) is 2.07. The molecule has 0 aliphatic heterocycles. The van der Waals surface area contributed by atoms with Crippen LogP contribution in [0.1, 0.15) is 5.69 Å². The van der Waals surface area contributed by atoms with Crippen LogP contribution < -0.4 is 0 Å². The van der Waals surface area contributed by atoms with Crippen LogP contribution in [0.25, 0.3) is 22.0 Å². The molecule has 0 spiro atoms. The molecule has 0 unspecified atom stereocenters. The molecule has 0 amide bonds. The molecule has 0 saturated carbocycles. The topological polar surface area (TPSA) is 28.7 Å². The van der Waals surface area contributed by atoms with E-state index in [1.54, 1.807) is 11.3 Å². The standard InChI is InChI=1S/C14H11ClN2S/c1-9-13(10-4-6-11(15)7-5-10)17-14(16-9)12-3-2-8-18-12/h2-8H,1H3,(H,16,17). The molecule has 2 nitrogen and oxygen atoms in total. The number of H-pyrrole nitrogens is 1. The highest BCUT2D eigenvalue weighted by Crippen LogP contribution is 2.28. The van der Waals surface area contributed by atoms with Crippen LogP contribution >= 0.6 is 22.9 Å². The number of hydrogen-bond donors (Lipinski definition) is 1. The minimum atomic E-state index is 0.741. The molecule has 90 valence electrons. The van der Waals surface area contributed by atoms with Crippen molar-refractivity contribution in [1.82, 2.24) is 9.97 Å². The maximum absolute atomic E-state index is 5.90. The summed E-state index contributed by atoms with van der Waals surface area (Å²) in [4.78, 5) is 9.14. The molecule has 0 aliphatic rings. The summed E-state index contributed by atoms with van der Waals surface area (Å²) >= 11 is 7.58. The van der Waals surface area contributed by atoms with Crippen LogP contribution in [0.15, 0.2) is 41.8 Å². The number of thiophene rings is 1. The van der Waals surface area contributed by atoms with Crippen molar-refractivity contribution in [2.75, 3.05) is 0 Å². The van der Waals surface area contributed by atoms with Gasteiger partial charge in [-0.3, -0.25) is 0 Å². The highest BCUT2D eigenvalue weighted by Gasteiger charge is 2.10. The highest BCUT2D eigenvalue weighted by atomic mass is 35.5. The fourth-order valence-electron chi connectivity index (χ4n) is 1.88. The van der Waals surface area contributed by atoms with Gasteiger partial charge in [0.1, 0.15) is 5.82 Å². The van der Waals surface area contributed by atoms with Gasteiger partial charge in [-0.05, 0) is 30.5 Å². The van der Waals surface area contributed by atoms with Gasteiger partial charge >= 0.3 is 0 Å². The minimum Gasteiger partial charge on any atom is -0.341 e. The van der Waals surface area contributed by atoms with Crippen LogP contribution in [0.2, 0.25) is 5.02 Å². The number of halogens is 1. The summed E-state index contributed by atoms with van der Waals surface area (Å²) in [5.41, 5.74) is 3.13. The average Bonchev–Trinajstić information content (AvgIpc) is 2.99. The predicted molar refractivity (Wildman–Crippen MR) is 77.1 cm³/mol. The van der Waals surface area contributed by atoms with E-state index < -0.39 is 0 Å². The maximum atomic E-state index is 5.90. The van der Waals surface area contributed by atoms with E-state index >= 15 is 0 Å². The van der Waals surface area contributed by atoms with E-state index in [1.807, 2.05) is 37.3 Å². The lowest BCUT2D eigenvalue weighted by molar-refractivity contribution is 1.26. The third-order valence-corrected chi connectivity index (χ3v) is 3.89. The molecule has 0 bridgehead atoms. The first kappa shape index (κ1) is 11.5. The van der Waals surface area contributed by atoms with Crippen LogP contribution in [0.4, 0.5) is 0 Å². The zero-order valence-corrected chi connectivity index (χ0v) is 11.3. The Morgan fingerprint density at radius 3 is 2.61 bits per heavy atom. The molecule has 0 radical (unpaired) electrons. The monoisotopic (exact) mass is 274 g/mol. The normalized spacial score (nSPS) is 10.8. The smallest absolute Gasteiger partial charge is 0.148 e.